The molecule has 0 aromatic heterocycles. The third-order valence-electron chi connectivity index (χ3n) is 6.06. The van der Waals surface area contributed by atoms with Crippen LogP contribution in [0.25, 0.3) is 5.76 Å². The average Bonchev–Trinajstić information content (AvgIpc) is 3.09. The number of hydrogen-bond donors (Lipinski definition) is 1. The lowest BCUT2D eigenvalue weighted by molar-refractivity contribution is -0.140. The third-order valence-corrected chi connectivity index (χ3v) is 6.06. The van der Waals surface area contributed by atoms with Gasteiger partial charge in [-0.15, -0.1) is 0 Å². The van der Waals surface area contributed by atoms with Crippen molar-refractivity contribution in [2.75, 3.05) is 32.8 Å². The van der Waals surface area contributed by atoms with Crippen LogP contribution >= 0.6 is 0 Å². The zero-order chi connectivity index (χ0) is 25.5. The third kappa shape index (κ3) is 6.03. The van der Waals surface area contributed by atoms with Crippen LogP contribution in [0, 0.1) is 0 Å². The zero-order valence-corrected chi connectivity index (χ0v) is 21.3. The molecule has 1 unspecified atom stereocenters. The van der Waals surface area contributed by atoms with Crippen molar-refractivity contribution in [1.29, 1.82) is 0 Å². The van der Waals surface area contributed by atoms with Gasteiger partial charge in [-0.1, -0.05) is 38.1 Å². The number of likely N-dealkylation sites (tertiary alicyclic amines) is 1. The van der Waals surface area contributed by atoms with Gasteiger partial charge >= 0.3 is 0 Å². The van der Waals surface area contributed by atoms with Gasteiger partial charge in [0.15, 0.2) is 0 Å². The Balaban J connectivity index is 2.12. The fourth-order valence-electron chi connectivity index (χ4n) is 4.33. The summed E-state index contributed by atoms with van der Waals surface area (Å²) in [5.74, 6) is -0.291. The second-order valence-corrected chi connectivity index (χ2v) is 8.72. The molecule has 1 aliphatic rings. The van der Waals surface area contributed by atoms with Crippen molar-refractivity contribution in [1.82, 2.24) is 9.80 Å². The van der Waals surface area contributed by atoms with Crippen molar-refractivity contribution in [2.24, 2.45) is 0 Å². The molecule has 2 aromatic carbocycles. The van der Waals surface area contributed by atoms with Crippen molar-refractivity contribution < 1.29 is 24.2 Å². The van der Waals surface area contributed by atoms with E-state index in [4.69, 9.17) is 9.47 Å². The number of ketones is 1. The summed E-state index contributed by atoms with van der Waals surface area (Å²) in [6.07, 6.45) is -0.0272. The van der Waals surface area contributed by atoms with E-state index >= 15 is 0 Å². The number of Topliss-reactive ketones (excluding diaryl/α,β-unsaturated/α-hetero) is 1. The smallest absolute Gasteiger partial charge is 0.295 e. The maximum absolute atomic E-state index is 13.3. The minimum atomic E-state index is -0.725. The number of aliphatic hydroxyl groups excluding tert-OH is 1. The van der Waals surface area contributed by atoms with Crippen LogP contribution in [0.4, 0.5) is 0 Å². The maximum atomic E-state index is 13.3. The Morgan fingerprint density at radius 2 is 1.71 bits per heavy atom. The maximum Gasteiger partial charge on any atom is 0.295 e. The normalized spacial score (nSPS) is 17.5. The SMILES string of the molecule is CCOc1cccc(/C(O)=C2/C(=O)C(=O)N(CCN(CC)CC)C2c2cccc(OC(C)C)c2)c1. The van der Waals surface area contributed by atoms with E-state index in [1.807, 2.05) is 45.0 Å². The highest BCUT2D eigenvalue weighted by Gasteiger charge is 2.46. The molecule has 0 saturated carbocycles. The van der Waals surface area contributed by atoms with E-state index in [1.165, 1.54) is 0 Å². The number of likely N-dealkylation sites (N-methyl/N-ethyl adjacent to an activating group) is 1. The van der Waals surface area contributed by atoms with Crippen LogP contribution in [0.2, 0.25) is 0 Å². The number of carbonyl (C=O) groups is 2. The van der Waals surface area contributed by atoms with Crippen LogP contribution in [0.1, 0.15) is 51.8 Å². The molecule has 1 amide bonds. The summed E-state index contributed by atoms with van der Waals surface area (Å²) in [5, 5.41) is 11.3. The molecule has 1 aliphatic heterocycles. The summed E-state index contributed by atoms with van der Waals surface area (Å²) in [6.45, 7) is 13.0. The molecule has 35 heavy (non-hydrogen) atoms. The van der Waals surface area contributed by atoms with Gasteiger partial charge in [0.2, 0.25) is 0 Å². The van der Waals surface area contributed by atoms with Crippen LogP contribution in [0.5, 0.6) is 11.5 Å². The fourth-order valence-corrected chi connectivity index (χ4v) is 4.33. The highest BCUT2D eigenvalue weighted by molar-refractivity contribution is 6.46. The summed E-state index contributed by atoms with van der Waals surface area (Å²) in [6, 6.07) is 13.6. The molecule has 0 aliphatic carbocycles. The van der Waals surface area contributed by atoms with E-state index in [-0.39, 0.29) is 17.4 Å². The van der Waals surface area contributed by atoms with E-state index in [9.17, 15) is 14.7 Å². The molecule has 0 radical (unpaired) electrons. The Bertz CT molecular complexity index is 1070. The summed E-state index contributed by atoms with van der Waals surface area (Å²) >= 11 is 0. The second-order valence-electron chi connectivity index (χ2n) is 8.72. The molecule has 0 bridgehead atoms. The summed E-state index contributed by atoms with van der Waals surface area (Å²) in [5.41, 5.74) is 1.21. The van der Waals surface area contributed by atoms with E-state index in [0.29, 0.717) is 42.3 Å². The van der Waals surface area contributed by atoms with Crippen LogP contribution in [-0.2, 0) is 9.59 Å². The number of benzene rings is 2. The quantitative estimate of drug-likeness (QED) is 0.287. The number of nitrogens with zero attached hydrogens (tertiary/aromatic N) is 2. The Labute approximate surface area is 207 Å². The van der Waals surface area contributed by atoms with Gasteiger partial charge in [0.25, 0.3) is 11.7 Å². The Kier molecular flexibility index (Phi) is 8.93. The van der Waals surface area contributed by atoms with Gasteiger partial charge in [0.1, 0.15) is 17.3 Å². The van der Waals surface area contributed by atoms with Crippen LogP contribution in [0.3, 0.4) is 0 Å². The highest BCUT2D eigenvalue weighted by atomic mass is 16.5. The van der Waals surface area contributed by atoms with Gasteiger partial charge < -0.3 is 24.4 Å². The fraction of sp³-hybridized carbons (Fsp3) is 0.429. The first-order valence-electron chi connectivity index (χ1n) is 12.3. The molecular weight excluding hydrogens is 444 g/mol. The largest absolute Gasteiger partial charge is 0.507 e. The van der Waals surface area contributed by atoms with Gasteiger partial charge in [-0.2, -0.15) is 0 Å². The number of hydrogen-bond acceptors (Lipinski definition) is 6. The Hall–Kier alpha value is -3.32. The number of carbonyl (C=O) groups excluding carboxylic acids is 2. The predicted molar refractivity (Wildman–Crippen MR) is 137 cm³/mol. The topological polar surface area (TPSA) is 79.3 Å². The standard InChI is InChI=1S/C28H36N2O5/c1-6-29(7-2)15-16-30-25(20-11-9-14-23(17-20)35-19(4)5)24(27(32)28(30)33)26(31)21-12-10-13-22(18-21)34-8-3/h9-14,17-19,25,31H,6-8,15-16H2,1-5H3/b26-24-. The Morgan fingerprint density at radius 1 is 1.03 bits per heavy atom. The minimum Gasteiger partial charge on any atom is -0.507 e. The number of aliphatic hydroxyl groups is 1. The van der Waals surface area contributed by atoms with Gasteiger partial charge in [-0.25, -0.2) is 0 Å². The van der Waals surface area contributed by atoms with Crippen molar-refractivity contribution in [2.45, 2.75) is 46.8 Å². The van der Waals surface area contributed by atoms with Gasteiger partial charge in [0, 0.05) is 18.7 Å². The first-order chi connectivity index (χ1) is 16.8. The van der Waals surface area contributed by atoms with E-state index < -0.39 is 17.7 Å². The van der Waals surface area contributed by atoms with Gasteiger partial charge in [-0.3, -0.25) is 9.59 Å². The number of amides is 1. The minimum absolute atomic E-state index is 0.0272. The number of ether oxygens (including phenoxy) is 2. The Morgan fingerprint density at radius 3 is 2.37 bits per heavy atom. The molecule has 188 valence electrons. The lowest BCUT2D eigenvalue weighted by Gasteiger charge is -2.28. The first kappa shape index (κ1) is 26.3. The molecule has 1 heterocycles. The molecule has 0 spiro atoms. The molecule has 2 aromatic rings. The zero-order valence-electron chi connectivity index (χ0n) is 21.3. The lowest BCUT2D eigenvalue weighted by Crippen LogP contribution is -2.38. The van der Waals surface area contributed by atoms with Crippen molar-refractivity contribution in [3.63, 3.8) is 0 Å². The van der Waals surface area contributed by atoms with Crippen LogP contribution in [0.15, 0.2) is 54.1 Å². The first-order valence-corrected chi connectivity index (χ1v) is 12.3. The molecule has 1 fully saturated rings. The molecular formula is C28H36N2O5. The molecule has 1 atom stereocenters. The van der Waals surface area contributed by atoms with E-state index in [2.05, 4.69) is 18.7 Å². The second kappa shape index (κ2) is 11.9. The summed E-state index contributed by atoms with van der Waals surface area (Å²) in [7, 11) is 0. The molecule has 1 N–H and O–H groups in total. The van der Waals surface area contributed by atoms with Crippen molar-refractivity contribution in [3.8, 4) is 11.5 Å². The van der Waals surface area contributed by atoms with Crippen molar-refractivity contribution >= 4 is 17.4 Å². The highest BCUT2D eigenvalue weighted by Crippen LogP contribution is 2.40. The average molecular weight is 481 g/mol. The van der Waals surface area contributed by atoms with Crippen molar-refractivity contribution in [3.05, 3.63) is 65.2 Å². The number of rotatable bonds is 11. The monoisotopic (exact) mass is 480 g/mol. The van der Waals surface area contributed by atoms with Gasteiger partial charge in [-0.05, 0) is 63.7 Å². The summed E-state index contributed by atoms with van der Waals surface area (Å²) in [4.78, 5) is 30.3. The molecule has 1 saturated heterocycles. The van der Waals surface area contributed by atoms with E-state index in [0.717, 1.165) is 13.1 Å². The molecule has 3 rings (SSSR count). The predicted octanol–water partition coefficient (Wildman–Crippen LogP) is 4.64. The lowest BCUT2D eigenvalue weighted by atomic mass is 9.95. The van der Waals surface area contributed by atoms with E-state index in [1.54, 1.807) is 29.2 Å². The summed E-state index contributed by atoms with van der Waals surface area (Å²) < 4.78 is 11.4. The van der Waals surface area contributed by atoms with Crippen LogP contribution < -0.4 is 9.47 Å². The molecule has 7 heteroatoms. The van der Waals surface area contributed by atoms with Crippen LogP contribution in [-0.4, -0.2) is 65.5 Å². The van der Waals surface area contributed by atoms with Gasteiger partial charge in [0.05, 0.1) is 24.3 Å². The molecule has 7 nitrogen and oxygen atoms in total.